The van der Waals surface area contributed by atoms with Gasteiger partial charge in [-0.2, -0.15) is 0 Å². The van der Waals surface area contributed by atoms with Crippen LogP contribution in [-0.2, 0) is 10.8 Å². The Morgan fingerprint density at radius 2 is 0.724 bits per heavy atom. The van der Waals surface area contributed by atoms with Gasteiger partial charge in [-0.1, -0.05) is 151 Å². The SMILES string of the molecule is CC(C)(C)c1ccc(C(=O)c2nc3ccccc3n3c2cc2ccccc23)cc1.CC(C)(C)c1ccc(C(=O)c2nc3ccccc3n3c2cc2ccccc23)cc1. The van der Waals surface area contributed by atoms with Gasteiger partial charge in [-0.05, 0) is 70.5 Å². The zero-order chi connectivity index (χ0) is 40.3. The van der Waals surface area contributed by atoms with E-state index in [1.807, 2.05) is 121 Å². The molecular formula is C52H44N4O2. The Balaban J connectivity index is 0.000000150. The minimum atomic E-state index is -0.0518. The molecule has 0 aliphatic heterocycles. The fourth-order valence-corrected chi connectivity index (χ4v) is 7.88. The van der Waals surface area contributed by atoms with Crippen LogP contribution >= 0.6 is 0 Å². The Bertz CT molecular complexity index is 2990. The summed E-state index contributed by atoms with van der Waals surface area (Å²) in [6, 6.07) is 52.3. The number of fused-ring (bicyclic) bond motifs is 10. The Morgan fingerprint density at radius 3 is 1.09 bits per heavy atom. The Morgan fingerprint density at radius 1 is 0.397 bits per heavy atom. The van der Waals surface area contributed by atoms with E-state index >= 15 is 0 Å². The number of hydrogen-bond acceptors (Lipinski definition) is 4. The number of nitrogens with zero attached hydrogens (tertiary/aromatic N) is 4. The van der Waals surface area contributed by atoms with Crippen molar-refractivity contribution in [1.29, 1.82) is 0 Å². The van der Waals surface area contributed by atoms with Crippen molar-refractivity contribution in [3.8, 4) is 0 Å². The lowest BCUT2D eigenvalue weighted by Crippen LogP contribution is -2.12. The lowest BCUT2D eigenvalue weighted by molar-refractivity contribution is 0.102. The predicted molar refractivity (Wildman–Crippen MR) is 238 cm³/mol. The molecule has 4 heterocycles. The lowest BCUT2D eigenvalue weighted by Gasteiger charge is -2.19. The number of carbonyl (C=O) groups excluding carboxylic acids is 2. The fourth-order valence-electron chi connectivity index (χ4n) is 7.88. The maximum Gasteiger partial charge on any atom is 0.213 e. The van der Waals surface area contributed by atoms with Crippen molar-refractivity contribution < 1.29 is 9.59 Å². The van der Waals surface area contributed by atoms with E-state index < -0.39 is 0 Å². The number of aromatic nitrogens is 4. The molecule has 0 fully saturated rings. The highest BCUT2D eigenvalue weighted by Gasteiger charge is 2.22. The minimum Gasteiger partial charge on any atom is -0.305 e. The Kier molecular flexibility index (Phi) is 8.81. The number of benzene rings is 6. The molecule has 0 bridgehead atoms. The molecular weight excluding hydrogens is 713 g/mol. The maximum absolute atomic E-state index is 13.5. The fraction of sp³-hybridized carbons (Fsp3) is 0.154. The van der Waals surface area contributed by atoms with Crippen LogP contribution < -0.4 is 0 Å². The molecule has 6 nitrogen and oxygen atoms in total. The van der Waals surface area contributed by atoms with Crippen molar-refractivity contribution in [2.75, 3.05) is 0 Å². The summed E-state index contributed by atoms with van der Waals surface area (Å²) < 4.78 is 4.29. The molecule has 0 amide bonds. The predicted octanol–water partition coefficient (Wildman–Crippen LogP) is 12.3. The van der Waals surface area contributed by atoms with Crippen LogP contribution in [0.1, 0.15) is 84.8 Å². The van der Waals surface area contributed by atoms with Crippen LogP contribution in [0.4, 0.5) is 0 Å². The van der Waals surface area contributed by atoms with Crippen LogP contribution in [-0.4, -0.2) is 30.3 Å². The summed E-state index contributed by atoms with van der Waals surface area (Å²) in [7, 11) is 0. The van der Waals surface area contributed by atoms with Crippen LogP contribution in [0.15, 0.2) is 158 Å². The minimum absolute atomic E-state index is 0.0509. The molecule has 0 aliphatic carbocycles. The summed E-state index contributed by atoms with van der Waals surface area (Å²) in [6.45, 7) is 13.0. The topological polar surface area (TPSA) is 68.7 Å². The molecule has 284 valence electrons. The molecule has 0 saturated carbocycles. The molecule has 0 radical (unpaired) electrons. The Labute approximate surface area is 337 Å². The summed E-state index contributed by atoms with van der Waals surface area (Å²) in [5.74, 6) is -0.104. The van der Waals surface area contributed by atoms with Gasteiger partial charge in [-0.3, -0.25) is 9.59 Å². The van der Waals surface area contributed by atoms with Gasteiger partial charge >= 0.3 is 0 Å². The molecule has 10 aromatic rings. The first kappa shape index (κ1) is 36.7. The third-order valence-corrected chi connectivity index (χ3v) is 11.1. The molecule has 4 aromatic heterocycles. The second kappa shape index (κ2) is 13.9. The zero-order valence-electron chi connectivity index (χ0n) is 33.6. The standard InChI is InChI=1S/2C26H22N2O/c2*1-26(2,3)19-14-12-17(13-15-19)25(29)24-23-16-18-8-4-6-10-21(18)28(23)22-11-7-5-9-20(22)27-24/h2*4-16H,1-3H3. The van der Waals surface area contributed by atoms with Gasteiger partial charge in [0.05, 0.1) is 44.1 Å². The first-order chi connectivity index (χ1) is 27.9. The van der Waals surface area contributed by atoms with E-state index in [4.69, 9.17) is 9.97 Å². The first-order valence-electron chi connectivity index (χ1n) is 19.8. The van der Waals surface area contributed by atoms with E-state index in [9.17, 15) is 9.59 Å². The van der Waals surface area contributed by atoms with Gasteiger partial charge in [0.25, 0.3) is 0 Å². The van der Waals surface area contributed by atoms with Crippen LogP contribution in [0, 0.1) is 0 Å². The first-order valence-corrected chi connectivity index (χ1v) is 19.8. The van der Waals surface area contributed by atoms with Crippen molar-refractivity contribution in [1.82, 2.24) is 18.8 Å². The highest BCUT2D eigenvalue weighted by molar-refractivity contribution is 6.15. The normalized spacial score (nSPS) is 12.1. The van der Waals surface area contributed by atoms with Crippen molar-refractivity contribution >= 4 is 66.5 Å². The molecule has 0 spiro atoms. The average Bonchev–Trinajstić information content (AvgIpc) is 3.82. The molecule has 6 heteroatoms. The quantitative estimate of drug-likeness (QED) is 0.168. The largest absolute Gasteiger partial charge is 0.305 e. The van der Waals surface area contributed by atoms with E-state index in [-0.39, 0.29) is 22.4 Å². The average molecular weight is 757 g/mol. The van der Waals surface area contributed by atoms with E-state index in [0.717, 1.165) is 54.9 Å². The molecule has 0 atom stereocenters. The summed E-state index contributed by atoms with van der Waals surface area (Å²) in [5, 5.41) is 2.20. The molecule has 0 unspecified atom stereocenters. The lowest BCUT2D eigenvalue weighted by atomic mass is 9.86. The molecule has 0 aliphatic rings. The van der Waals surface area contributed by atoms with Crippen molar-refractivity contribution in [3.63, 3.8) is 0 Å². The van der Waals surface area contributed by atoms with Crippen LogP contribution in [0.2, 0.25) is 0 Å². The maximum atomic E-state index is 13.5. The van der Waals surface area contributed by atoms with E-state index in [0.29, 0.717) is 22.5 Å². The number of ketones is 2. The van der Waals surface area contributed by atoms with Crippen molar-refractivity contribution in [2.45, 2.75) is 52.4 Å². The number of hydrogen-bond donors (Lipinski definition) is 0. The van der Waals surface area contributed by atoms with E-state index in [2.05, 4.69) is 86.7 Å². The number of rotatable bonds is 4. The molecule has 10 rings (SSSR count). The molecule has 0 saturated heterocycles. The van der Waals surface area contributed by atoms with Gasteiger partial charge in [0.1, 0.15) is 11.4 Å². The monoisotopic (exact) mass is 756 g/mol. The van der Waals surface area contributed by atoms with E-state index in [1.54, 1.807) is 0 Å². The second-order valence-corrected chi connectivity index (χ2v) is 17.1. The number of para-hydroxylation sites is 6. The van der Waals surface area contributed by atoms with Gasteiger partial charge < -0.3 is 8.80 Å². The van der Waals surface area contributed by atoms with Gasteiger partial charge in [-0.15, -0.1) is 0 Å². The van der Waals surface area contributed by atoms with E-state index in [1.165, 1.54) is 11.1 Å². The van der Waals surface area contributed by atoms with Crippen LogP contribution in [0.5, 0.6) is 0 Å². The molecule has 0 N–H and O–H groups in total. The third kappa shape index (κ3) is 6.41. The summed E-state index contributed by atoms with van der Waals surface area (Å²) in [5.41, 5.74) is 12.3. The van der Waals surface area contributed by atoms with Gasteiger partial charge in [-0.25, -0.2) is 9.97 Å². The van der Waals surface area contributed by atoms with Gasteiger partial charge in [0.2, 0.25) is 11.6 Å². The third-order valence-electron chi connectivity index (χ3n) is 11.1. The second-order valence-electron chi connectivity index (χ2n) is 17.1. The van der Waals surface area contributed by atoms with Crippen LogP contribution in [0.3, 0.4) is 0 Å². The summed E-state index contributed by atoms with van der Waals surface area (Å²) in [4.78, 5) is 36.5. The van der Waals surface area contributed by atoms with Gasteiger partial charge in [0, 0.05) is 21.9 Å². The summed E-state index contributed by atoms with van der Waals surface area (Å²) in [6.07, 6.45) is 0. The van der Waals surface area contributed by atoms with Crippen LogP contribution in [0.25, 0.3) is 54.9 Å². The Hall–Kier alpha value is -6.92. The highest BCUT2D eigenvalue weighted by atomic mass is 16.1. The highest BCUT2D eigenvalue weighted by Crippen LogP contribution is 2.31. The molecule has 6 aromatic carbocycles. The van der Waals surface area contributed by atoms with Gasteiger partial charge in [0.15, 0.2) is 0 Å². The van der Waals surface area contributed by atoms with Crippen molar-refractivity contribution in [3.05, 3.63) is 191 Å². The number of carbonyl (C=O) groups is 2. The smallest absolute Gasteiger partial charge is 0.213 e. The zero-order valence-corrected chi connectivity index (χ0v) is 33.6. The van der Waals surface area contributed by atoms with Crippen molar-refractivity contribution in [2.24, 2.45) is 0 Å². The molecule has 58 heavy (non-hydrogen) atoms. The summed E-state index contributed by atoms with van der Waals surface area (Å²) >= 11 is 0.